The first-order valence-corrected chi connectivity index (χ1v) is 14.4. The molecule has 1 aromatic heterocycles. The number of para-hydroxylation sites is 1. The fourth-order valence-electron chi connectivity index (χ4n) is 4.55. The molecule has 3 aromatic rings. The highest BCUT2D eigenvalue weighted by Crippen LogP contribution is 2.38. The highest BCUT2D eigenvalue weighted by atomic mass is 35.5. The first kappa shape index (κ1) is 30.1. The monoisotopic (exact) mass is 598 g/mol. The van der Waals surface area contributed by atoms with Crippen LogP contribution in [0.5, 0.6) is 11.5 Å². The number of fused-ring (bicyclic) bond motifs is 1. The van der Waals surface area contributed by atoms with Gasteiger partial charge >= 0.3 is 11.9 Å². The molecule has 0 bridgehead atoms. The summed E-state index contributed by atoms with van der Waals surface area (Å²) >= 11 is 7.59. The minimum Gasteiger partial charge on any atom is -0.496 e. The number of halogens is 1. The number of methoxy groups -OCH3 is 1. The van der Waals surface area contributed by atoms with E-state index in [9.17, 15) is 14.4 Å². The van der Waals surface area contributed by atoms with Crippen molar-refractivity contribution in [2.24, 2.45) is 4.99 Å². The summed E-state index contributed by atoms with van der Waals surface area (Å²) in [6.07, 6.45) is 2.91. The van der Waals surface area contributed by atoms with Crippen molar-refractivity contribution in [2.45, 2.75) is 39.7 Å². The third-order valence-electron chi connectivity index (χ3n) is 6.23. The van der Waals surface area contributed by atoms with Crippen molar-refractivity contribution in [3.8, 4) is 11.5 Å². The number of thiazole rings is 1. The second-order valence-corrected chi connectivity index (χ2v) is 10.4. The van der Waals surface area contributed by atoms with E-state index >= 15 is 0 Å². The molecule has 0 saturated heterocycles. The predicted molar refractivity (Wildman–Crippen MR) is 156 cm³/mol. The maximum absolute atomic E-state index is 14.1. The van der Waals surface area contributed by atoms with Crippen LogP contribution in [0.25, 0.3) is 6.08 Å². The molecule has 4 rings (SSSR count). The number of hydrogen-bond donors (Lipinski definition) is 0. The average Bonchev–Trinajstić information content (AvgIpc) is 3.26. The van der Waals surface area contributed by atoms with Gasteiger partial charge in [0.1, 0.15) is 17.5 Å². The van der Waals surface area contributed by atoms with E-state index in [1.807, 2.05) is 6.92 Å². The molecule has 216 valence electrons. The summed E-state index contributed by atoms with van der Waals surface area (Å²) < 4.78 is 23.6. The Hall–Kier alpha value is -3.89. The molecule has 1 aliphatic heterocycles. The zero-order chi connectivity index (χ0) is 29.5. The van der Waals surface area contributed by atoms with Gasteiger partial charge in [0.25, 0.3) is 5.56 Å². The number of allylic oxidation sites excluding steroid dienone is 1. The van der Waals surface area contributed by atoms with Gasteiger partial charge in [-0.3, -0.25) is 9.36 Å². The van der Waals surface area contributed by atoms with Gasteiger partial charge in [0, 0.05) is 16.1 Å². The van der Waals surface area contributed by atoms with E-state index in [1.165, 1.54) is 23.0 Å². The number of hydrogen-bond acceptors (Lipinski definition) is 9. The second-order valence-electron chi connectivity index (χ2n) is 8.93. The van der Waals surface area contributed by atoms with E-state index in [2.05, 4.69) is 0 Å². The molecule has 0 fully saturated rings. The van der Waals surface area contributed by atoms with Crippen LogP contribution in [-0.2, 0) is 19.1 Å². The lowest BCUT2D eigenvalue weighted by Crippen LogP contribution is -2.40. The summed E-state index contributed by atoms with van der Waals surface area (Å²) in [5, 5.41) is 0.424. The van der Waals surface area contributed by atoms with E-state index in [1.54, 1.807) is 62.4 Å². The van der Waals surface area contributed by atoms with Crippen LogP contribution in [0.3, 0.4) is 0 Å². The lowest BCUT2D eigenvalue weighted by atomic mass is 9.93. The first-order chi connectivity index (χ1) is 19.8. The molecule has 0 aliphatic carbocycles. The van der Waals surface area contributed by atoms with Gasteiger partial charge in [0.2, 0.25) is 0 Å². The molecular weight excluding hydrogens is 568 g/mol. The lowest BCUT2D eigenvalue weighted by molar-refractivity contribution is -0.145. The zero-order valence-corrected chi connectivity index (χ0v) is 24.8. The molecule has 0 N–H and O–H groups in total. The second kappa shape index (κ2) is 13.6. The van der Waals surface area contributed by atoms with Gasteiger partial charge in [-0.15, -0.1) is 0 Å². The van der Waals surface area contributed by atoms with E-state index < -0.39 is 18.0 Å². The molecule has 11 heteroatoms. The predicted octanol–water partition coefficient (Wildman–Crippen LogP) is 4.18. The van der Waals surface area contributed by atoms with Crippen molar-refractivity contribution in [2.75, 3.05) is 26.9 Å². The number of rotatable bonds is 11. The van der Waals surface area contributed by atoms with Crippen molar-refractivity contribution in [3.05, 3.63) is 89.6 Å². The Labute approximate surface area is 246 Å². The number of esters is 2. The third kappa shape index (κ3) is 6.55. The average molecular weight is 599 g/mol. The number of aromatic nitrogens is 1. The largest absolute Gasteiger partial charge is 0.496 e. The number of carbonyl (C=O) groups excluding carboxylic acids is 2. The Morgan fingerprint density at radius 3 is 2.54 bits per heavy atom. The summed E-state index contributed by atoms with van der Waals surface area (Å²) in [5.74, 6) is -0.171. The summed E-state index contributed by atoms with van der Waals surface area (Å²) in [4.78, 5) is 44.5. The fraction of sp³-hybridized carbons (Fsp3) is 0.333. The number of ether oxygens (including phenoxy) is 4. The summed E-state index contributed by atoms with van der Waals surface area (Å²) in [5.41, 5.74) is 1.59. The number of benzene rings is 2. The molecule has 1 atom stereocenters. The molecule has 2 heterocycles. The zero-order valence-electron chi connectivity index (χ0n) is 23.3. The summed E-state index contributed by atoms with van der Waals surface area (Å²) in [6, 6.07) is 11.3. The molecule has 0 unspecified atom stereocenters. The highest BCUT2D eigenvalue weighted by molar-refractivity contribution is 7.07. The van der Waals surface area contributed by atoms with E-state index in [0.717, 1.165) is 6.42 Å². The van der Waals surface area contributed by atoms with Gasteiger partial charge in [-0.25, -0.2) is 14.6 Å². The van der Waals surface area contributed by atoms with E-state index in [-0.39, 0.29) is 31.0 Å². The molecular formula is C30H31ClN2O7S. The third-order valence-corrected chi connectivity index (χ3v) is 7.45. The van der Waals surface area contributed by atoms with Gasteiger partial charge in [-0.05, 0) is 50.6 Å². The first-order valence-electron chi connectivity index (χ1n) is 13.3. The SMILES string of the molecule is CCCC1=C(C(=O)OCC)[C@@H](c2cc(Cl)ccc2OC)n2c(s/c(=C/c3ccccc3OCC(=O)OCC)c2=O)=N1. The topological polar surface area (TPSA) is 105 Å². The molecule has 0 radical (unpaired) electrons. The molecule has 41 heavy (non-hydrogen) atoms. The minimum absolute atomic E-state index is 0.161. The van der Waals surface area contributed by atoms with Crippen molar-refractivity contribution in [1.82, 2.24) is 4.57 Å². The van der Waals surface area contributed by atoms with Crippen LogP contribution in [0.4, 0.5) is 0 Å². The summed E-state index contributed by atoms with van der Waals surface area (Å²) in [7, 11) is 1.52. The van der Waals surface area contributed by atoms with Gasteiger partial charge in [0.05, 0.1) is 36.1 Å². The van der Waals surface area contributed by atoms with Gasteiger partial charge < -0.3 is 18.9 Å². The van der Waals surface area contributed by atoms with Gasteiger partial charge in [-0.2, -0.15) is 0 Å². The van der Waals surface area contributed by atoms with Crippen LogP contribution in [0.2, 0.25) is 5.02 Å². The Kier molecular flexibility index (Phi) is 10.0. The Balaban J connectivity index is 1.94. The van der Waals surface area contributed by atoms with Crippen molar-refractivity contribution in [1.29, 1.82) is 0 Å². The van der Waals surface area contributed by atoms with Crippen LogP contribution in [0.1, 0.15) is 50.8 Å². The molecule has 2 aromatic carbocycles. The quantitative estimate of drug-likeness (QED) is 0.305. The van der Waals surface area contributed by atoms with Gasteiger partial charge in [0.15, 0.2) is 11.4 Å². The van der Waals surface area contributed by atoms with Crippen molar-refractivity contribution < 1.29 is 28.5 Å². The Bertz CT molecular complexity index is 1660. The molecule has 1 aliphatic rings. The Morgan fingerprint density at radius 2 is 1.83 bits per heavy atom. The standard InChI is InChI=1S/C30H31ClN2O7S/c1-5-10-21-26(29(36)39-7-3)27(20-16-19(31)13-14-23(20)37-4)33-28(35)24(41-30(33)32-21)15-18-11-8-9-12-22(18)40-17-25(34)38-6-2/h8-9,11-16,27H,5-7,10,17H2,1-4H3/b24-15+/t27-/m1/s1. The highest BCUT2D eigenvalue weighted by Gasteiger charge is 2.36. The summed E-state index contributed by atoms with van der Waals surface area (Å²) in [6.45, 7) is 5.58. The molecule has 0 saturated carbocycles. The molecule has 0 amide bonds. The smallest absolute Gasteiger partial charge is 0.344 e. The van der Waals surface area contributed by atoms with Crippen LogP contribution in [-0.4, -0.2) is 43.4 Å². The van der Waals surface area contributed by atoms with Crippen molar-refractivity contribution in [3.63, 3.8) is 0 Å². The normalized spacial score (nSPS) is 14.8. The van der Waals surface area contributed by atoms with Gasteiger partial charge in [-0.1, -0.05) is 54.5 Å². The van der Waals surface area contributed by atoms with E-state index in [0.29, 0.717) is 49.1 Å². The number of carbonyl (C=O) groups is 2. The van der Waals surface area contributed by atoms with Crippen molar-refractivity contribution >= 4 is 41.0 Å². The van der Waals surface area contributed by atoms with Crippen LogP contribution in [0, 0.1) is 0 Å². The Morgan fingerprint density at radius 1 is 1.07 bits per heavy atom. The molecule has 0 spiro atoms. The maximum Gasteiger partial charge on any atom is 0.344 e. The van der Waals surface area contributed by atoms with Crippen LogP contribution < -0.4 is 24.4 Å². The maximum atomic E-state index is 14.1. The lowest BCUT2D eigenvalue weighted by Gasteiger charge is -2.27. The fourth-order valence-corrected chi connectivity index (χ4v) is 5.74. The van der Waals surface area contributed by atoms with E-state index in [4.69, 9.17) is 35.5 Å². The minimum atomic E-state index is -0.877. The molecule has 9 nitrogen and oxygen atoms in total. The van der Waals surface area contributed by atoms with Crippen LogP contribution >= 0.6 is 22.9 Å². The van der Waals surface area contributed by atoms with Crippen LogP contribution in [0.15, 0.2) is 63.5 Å². The number of nitrogens with zero attached hydrogens (tertiary/aromatic N) is 2.